The number of anilines is 1. The number of carboxylic acids is 1. The van der Waals surface area contributed by atoms with E-state index in [1.807, 2.05) is 6.07 Å². The maximum absolute atomic E-state index is 12.6. The first-order valence-electron chi connectivity index (χ1n) is 8.24. The Labute approximate surface area is 140 Å². The van der Waals surface area contributed by atoms with Crippen LogP contribution in [0.1, 0.15) is 39.9 Å². The molecule has 2 N–H and O–H groups in total. The Kier molecular flexibility index (Phi) is 3.23. The first-order chi connectivity index (χ1) is 11.5. The van der Waals surface area contributed by atoms with E-state index in [1.165, 1.54) is 11.1 Å². The average molecular weight is 321 g/mol. The summed E-state index contributed by atoms with van der Waals surface area (Å²) in [4.78, 5) is 23.7. The fourth-order valence-corrected chi connectivity index (χ4v) is 4.15. The summed E-state index contributed by atoms with van der Waals surface area (Å²) in [6.45, 7) is 1.74. The van der Waals surface area contributed by atoms with Crippen LogP contribution in [-0.2, 0) is 16.6 Å². The van der Waals surface area contributed by atoms with Crippen molar-refractivity contribution in [3.63, 3.8) is 0 Å². The molecule has 0 aromatic heterocycles. The van der Waals surface area contributed by atoms with Gasteiger partial charge in [0, 0.05) is 17.0 Å². The number of carbonyl (C=O) groups is 2. The molecule has 2 aliphatic carbocycles. The first kappa shape index (κ1) is 14.9. The highest BCUT2D eigenvalue weighted by atomic mass is 16.4. The Morgan fingerprint density at radius 1 is 1.21 bits per heavy atom. The van der Waals surface area contributed by atoms with Crippen LogP contribution in [0.4, 0.5) is 5.69 Å². The molecule has 122 valence electrons. The molecule has 0 bridgehead atoms. The summed E-state index contributed by atoms with van der Waals surface area (Å²) in [6.07, 6.45) is 3.00. The van der Waals surface area contributed by atoms with Gasteiger partial charge in [0.1, 0.15) is 0 Å². The Morgan fingerprint density at radius 3 is 2.75 bits per heavy atom. The Morgan fingerprint density at radius 2 is 2.00 bits per heavy atom. The molecular weight excluding hydrogens is 302 g/mol. The second-order valence-corrected chi connectivity index (χ2v) is 6.89. The molecule has 1 fully saturated rings. The third-order valence-corrected chi connectivity index (χ3v) is 5.51. The minimum Gasteiger partial charge on any atom is -0.478 e. The van der Waals surface area contributed by atoms with E-state index in [0.717, 1.165) is 19.3 Å². The van der Waals surface area contributed by atoms with E-state index < -0.39 is 5.97 Å². The van der Waals surface area contributed by atoms with Crippen LogP contribution in [-0.4, -0.2) is 17.0 Å². The highest BCUT2D eigenvalue weighted by Crippen LogP contribution is 2.61. The molecule has 0 aliphatic heterocycles. The van der Waals surface area contributed by atoms with Gasteiger partial charge in [0.25, 0.3) is 0 Å². The quantitative estimate of drug-likeness (QED) is 0.909. The van der Waals surface area contributed by atoms with Gasteiger partial charge in [0.05, 0.1) is 5.56 Å². The van der Waals surface area contributed by atoms with Crippen LogP contribution in [0.15, 0.2) is 42.5 Å². The standard InChI is InChI=1S/C20H19NO3/c1-12-10-14(6-7-15(12)19(23)24)21-18(22)17-11-20(17)9-8-13-4-2-3-5-16(13)20/h2-7,10,17H,8-9,11H2,1H3,(H,21,22)(H,23,24). The fourth-order valence-electron chi connectivity index (χ4n) is 4.15. The van der Waals surface area contributed by atoms with Crippen molar-refractivity contribution in [2.24, 2.45) is 5.92 Å². The van der Waals surface area contributed by atoms with E-state index in [2.05, 4.69) is 23.5 Å². The summed E-state index contributed by atoms with van der Waals surface area (Å²) in [5, 5.41) is 12.0. The molecule has 1 spiro atoms. The molecule has 2 aromatic carbocycles. The summed E-state index contributed by atoms with van der Waals surface area (Å²) < 4.78 is 0. The highest BCUT2D eigenvalue weighted by molar-refractivity contribution is 5.97. The average Bonchev–Trinajstić information content (AvgIpc) is 3.17. The maximum atomic E-state index is 12.6. The largest absolute Gasteiger partial charge is 0.478 e. The maximum Gasteiger partial charge on any atom is 0.335 e. The lowest BCUT2D eigenvalue weighted by molar-refractivity contribution is -0.117. The lowest BCUT2D eigenvalue weighted by Crippen LogP contribution is -2.20. The van der Waals surface area contributed by atoms with Gasteiger partial charge in [-0.05, 0) is 61.1 Å². The highest BCUT2D eigenvalue weighted by Gasteiger charge is 2.61. The topological polar surface area (TPSA) is 66.4 Å². The number of hydrogen-bond donors (Lipinski definition) is 2. The van der Waals surface area contributed by atoms with Crippen LogP contribution in [0.3, 0.4) is 0 Å². The van der Waals surface area contributed by atoms with Gasteiger partial charge in [-0.15, -0.1) is 0 Å². The molecule has 4 nitrogen and oxygen atoms in total. The zero-order chi connectivity index (χ0) is 16.9. The number of hydrogen-bond acceptors (Lipinski definition) is 2. The van der Waals surface area contributed by atoms with Crippen molar-refractivity contribution in [1.29, 1.82) is 0 Å². The molecule has 4 heteroatoms. The zero-order valence-electron chi connectivity index (χ0n) is 13.5. The molecule has 1 saturated carbocycles. The van der Waals surface area contributed by atoms with E-state index in [1.54, 1.807) is 25.1 Å². The number of aromatic carboxylic acids is 1. The second-order valence-electron chi connectivity index (χ2n) is 6.89. The molecule has 0 saturated heterocycles. The van der Waals surface area contributed by atoms with Crippen LogP contribution in [0.2, 0.25) is 0 Å². The fraction of sp³-hybridized carbons (Fsp3) is 0.300. The van der Waals surface area contributed by atoms with Gasteiger partial charge in [-0.25, -0.2) is 4.79 Å². The van der Waals surface area contributed by atoms with Gasteiger partial charge in [-0.2, -0.15) is 0 Å². The van der Waals surface area contributed by atoms with Crippen LogP contribution in [0.25, 0.3) is 0 Å². The Balaban J connectivity index is 1.51. The third-order valence-electron chi connectivity index (χ3n) is 5.51. The summed E-state index contributed by atoms with van der Waals surface area (Å²) in [5.74, 6) is -0.899. The normalized spacial score (nSPS) is 23.8. The van der Waals surface area contributed by atoms with Crippen molar-refractivity contribution < 1.29 is 14.7 Å². The van der Waals surface area contributed by atoms with Crippen molar-refractivity contribution in [3.8, 4) is 0 Å². The summed E-state index contributed by atoms with van der Waals surface area (Å²) in [5.41, 5.74) is 4.31. The van der Waals surface area contributed by atoms with E-state index in [4.69, 9.17) is 5.11 Å². The van der Waals surface area contributed by atoms with Crippen LogP contribution in [0.5, 0.6) is 0 Å². The molecule has 2 aromatic rings. The zero-order valence-corrected chi connectivity index (χ0v) is 13.5. The van der Waals surface area contributed by atoms with E-state index in [0.29, 0.717) is 11.3 Å². The van der Waals surface area contributed by atoms with E-state index in [9.17, 15) is 9.59 Å². The van der Waals surface area contributed by atoms with Crippen molar-refractivity contribution in [2.75, 3.05) is 5.32 Å². The van der Waals surface area contributed by atoms with Crippen LogP contribution < -0.4 is 5.32 Å². The number of rotatable bonds is 3. The monoisotopic (exact) mass is 321 g/mol. The Bertz CT molecular complexity index is 858. The predicted octanol–water partition coefficient (Wildman–Crippen LogP) is 3.54. The molecule has 1 amide bonds. The van der Waals surface area contributed by atoms with Crippen LogP contribution >= 0.6 is 0 Å². The number of fused-ring (bicyclic) bond motifs is 2. The minimum atomic E-state index is -0.950. The molecule has 0 heterocycles. The summed E-state index contributed by atoms with van der Waals surface area (Å²) in [7, 11) is 0. The number of benzene rings is 2. The number of nitrogens with one attached hydrogen (secondary N) is 1. The number of amides is 1. The van der Waals surface area contributed by atoms with Gasteiger partial charge in [0.15, 0.2) is 0 Å². The van der Waals surface area contributed by atoms with Gasteiger partial charge in [-0.3, -0.25) is 4.79 Å². The van der Waals surface area contributed by atoms with E-state index >= 15 is 0 Å². The molecule has 0 radical (unpaired) electrons. The lowest BCUT2D eigenvalue weighted by atomic mass is 9.95. The van der Waals surface area contributed by atoms with Gasteiger partial charge in [0.2, 0.25) is 5.91 Å². The smallest absolute Gasteiger partial charge is 0.335 e. The van der Waals surface area contributed by atoms with Gasteiger partial charge >= 0.3 is 5.97 Å². The second kappa shape index (κ2) is 5.20. The number of aryl methyl sites for hydroxylation is 2. The lowest BCUT2D eigenvalue weighted by Gasteiger charge is -2.12. The molecule has 2 atom stereocenters. The van der Waals surface area contributed by atoms with Crippen LogP contribution in [0, 0.1) is 12.8 Å². The molecule has 4 rings (SSSR count). The number of carboxylic acid groups (broad SMARTS) is 1. The first-order valence-corrected chi connectivity index (χ1v) is 8.24. The SMILES string of the molecule is Cc1cc(NC(=O)C2CC23CCc2ccccc23)ccc1C(=O)O. The van der Waals surface area contributed by atoms with Gasteiger partial charge in [-0.1, -0.05) is 24.3 Å². The van der Waals surface area contributed by atoms with Crippen molar-refractivity contribution in [2.45, 2.75) is 31.6 Å². The summed E-state index contributed by atoms with van der Waals surface area (Å²) in [6, 6.07) is 13.3. The Hall–Kier alpha value is -2.62. The van der Waals surface area contributed by atoms with E-state index in [-0.39, 0.29) is 22.8 Å². The molecule has 2 unspecified atom stereocenters. The third kappa shape index (κ3) is 2.21. The predicted molar refractivity (Wildman–Crippen MR) is 91.3 cm³/mol. The molecule has 2 aliphatic rings. The molecular formula is C20H19NO3. The van der Waals surface area contributed by atoms with Crippen molar-refractivity contribution in [1.82, 2.24) is 0 Å². The minimum absolute atomic E-state index is 0.0145. The van der Waals surface area contributed by atoms with Crippen molar-refractivity contribution >= 4 is 17.6 Å². The van der Waals surface area contributed by atoms with Crippen molar-refractivity contribution in [3.05, 3.63) is 64.7 Å². The number of carbonyl (C=O) groups excluding carboxylic acids is 1. The molecule has 24 heavy (non-hydrogen) atoms. The summed E-state index contributed by atoms with van der Waals surface area (Å²) >= 11 is 0. The van der Waals surface area contributed by atoms with Gasteiger partial charge < -0.3 is 10.4 Å².